The van der Waals surface area contributed by atoms with E-state index in [9.17, 15) is 18.8 Å². The lowest BCUT2D eigenvalue weighted by Gasteiger charge is -2.23. The maximum absolute atomic E-state index is 13.2. The van der Waals surface area contributed by atoms with Crippen molar-refractivity contribution in [2.45, 2.75) is 25.8 Å². The fraction of sp³-hybridized carbons (Fsp3) is 0.333. The lowest BCUT2D eigenvalue weighted by atomic mass is 10.2. The molecule has 1 fully saturated rings. The summed E-state index contributed by atoms with van der Waals surface area (Å²) in [6.45, 7) is 2.17. The number of thiophene rings is 1. The van der Waals surface area contributed by atoms with E-state index in [-0.39, 0.29) is 30.1 Å². The van der Waals surface area contributed by atoms with Crippen molar-refractivity contribution >= 4 is 39.3 Å². The van der Waals surface area contributed by atoms with Gasteiger partial charge in [0.1, 0.15) is 16.7 Å². The van der Waals surface area contributed by atoms with Crippen molar-refractivity contribution in [2.24, 2.45) is 0 Å². The highest BCUT2D eigenvalue weighted by Crippen LogP contribution is 2.30. The second-order valence-corrected chi connectivity index (χ2v) is 8.38. The molecule has 0 spiro atoms. The zero-order valence-electron chi connectivity index (χ0n) is 17.1. The molecule has 1 saturated heterocycles. The lowest BCUT2D eigenvalue weighted by molar-refractivity contribution is -0.137. The average molecular weight is 444 g/mol. The quantitative estimate of drug-likeness (QED) is 0.631. The standard InChI is InChI=1S/C21H22FN5O3S/c1-12-15-10-17(31-21(15)27(25-12)14-7-5-13(22)6-8-14)20(30)24-11-18(28)26-9-3-4-16(26)19(29)23-2/h5-8,10,16H,3-4,9,11H2,1-2H3,(H,23,29)(H,24,30). The summed E-state index contributed by atoms with van der Waals surface area (Å²) in [6, 6.07) is 7.22. The van der Waals surface area contributed by atoms with Gasteiger partial charge < -0.3 is 15.5 Å². The van der Waals surface area contributed by atoms with Gasteiger partial charge >= 0.3 is 0 Å². The van der Waals surface area contributed by atoms with Gasteiger partial charge in [-0.25, -0.2) is 9.07 Å². The maximum atomic E-state index is 13.2. The third kappa shape index (κ3) is 4.02. The van der Waals surface area contributed by atoms with Gasteiger partial charge in [-0.05, 0) is 50.1 Å². The number of fused-ring (bicyclic) bond motifs is 1. The molecule has 3 heterocycles. The SMILES string of the molecule is CNC(=O)C1CCCN1C(=O)CNC(=O)c1cc2c(C)nn(-c3ccc(F)cc3)c2s1. The Morgan fingerprint density at radius 1 is 1.26 bits per heavy atom. The molecule has 8 nitrogen and oxygen atoms in total. The first-order chi connectivity index (χ1) is 14.9. The Bertz CT molecular complexity index is 1150. The number of aromatic nitrogens is 2. The number of likely N-dealkylation sites (N-methyl/N-ethyl adjacent to an activating group) is 1. The summed E-state index contributed by atoms with van der Waals surface area (Å²) in [5.41, 5.74) is 1.44. The predicted molar refractivity (Wildman–Crippen MR) is 115 cm³/mol. The third-order valence-electron chi connectivity index (χ3n) is 5.36. The van der Waals surface area contributed by atoms with Gasteiger partial charge in [-0.1, -0.05) is 0 Å². The lowest BCUT2D eigenvalue weighted by Crippen LogP contribution is -2.48. The number of halogens is 1. The van der Waals surface area contributed by atoms with Crippen LogP contribution in [0.1, 0.15) is 28.2 Å². The molecule has 1 aliphatic heterocycles. The molecule has 10 heteroatoms. The van der Waals surface area contributed by atoms with Gasteiger partial charge in [0, 0.05) is 19.0 Å². The van der Waals surface area contributed by atoms with Crippen molar-refractivity contribution in [1.82, 2.24) is 25.3 Å². The highest BCUT2D eigenvalue weighted by Gasteiger charge is 2.33. The van der Waals surface area contributed by atoms with Crippen molar-refractivity contribution in [3.05, 3.63) is 46.7 Å². The zero-order chi connectivity index (χ0) is 22.1. The molecule has 3 amide bonds. The van der Waals surface area contributed by atoms with Gasteiger partial charge in [0.05, 0.1) is 22.8 Å². The molecule has 0 saturated carbocycles. The Balaban J connectivity index is 1.48. The first-order valence-electron chi connectivity index (χ1n) is 9.93. The van der Waals surface area contributed by atoms with Crippen LogP contribution in [0.25, 0.3) is 15.9 Å². The number of hydrogen-bond acceptors (Lipinski definition) is 5. The van der Waals surface area contributed by atoms with Crippen LogP contribution >= 0.6 is 11.3 Å². The van der Waals surface area contributed by atoms with Crippen molar-refractivity contribution < 1.29 is 18.8 Å². The molecule has 0 radical (unpaired) electrons. The zero-order valence-corrected chi connectivity index (χ0v) is 18.0. The van der Waals surface area contributed by atoms with Crippen molar-refractivity contribution in [3.8, 4) is 5.69 Å². The minimum absolute atomic E-state index is 0.177. The van der Waals surface area contributed by atoms with Crippen LogP contribution in [0, 0.1) is 12.7 Å². The molecule has 162 valence electrons. The van der Waals surface area contributed by atoms with Crippen molar-refractivity contribution in [3.63, 3.8) is 0 Å². The minimum Gasteiger partial charge on any atom is -0.357 e. The summed E-state index contributed by atoms with van der Waals surface area (Å²) in [4.78, 5) is 39.9. The summed E-state index contributed by atoms with van der Waals surface area (Å²) in [6.07, 6.45) is 1.38. The number of amides is 3. The first-order valence-corrected chi connectivity index (χ1v) is 10.7. The number of rotatable bonds is 5. The molecule has 4 rings (SSSR count). The number of nitrogens with zero attached hydrogens (tertiary/aromatic N) is 3. The van der Waals surface area contributed by atoms with E-state index in [0.717, 1.165) is 22.3 Å². The molecule has 1 atom stereocenters. The van der Waals surface area contributed by atoms with Crippen LogP contribution in [0.5, 0.6) is 0 Å². The van der Waals surface area contributed by atoms with E-state index in [2.05, 4.69) is 15.7 Å². The molecule has 0 aliphatic carbocycles. The van der Waals surface area contributed by atoms with E-state index >= 15 is 0 Å². The number of nitrogens with one attached hydrogen (secondary N) is 2. The Morgan fingerprint density at radius 2 is 2.00 bits per heavy atom. The largest absolute Gasteiger partial charge is 0.357 e. The Hall–Kier alpha value is -3.27. The Morgan fingerprint density at radius 3 is 2.71 bits per heavy atom. The number of benzene rings is 1. The van der Waals surface area contributed by atoms with E-state index in [1.165, 1.54) is 28.4 Å². The van der Waals surface area contributed by atoms with Crippen LogP contribution < -0.4 is 10.6 Å². The van der Waals surface area contributed by atoms with Crippen LogP contribution in [-0.2, 0) is 9.59 Å². The molecule has 1 aromatic carbocycles. The minimum atomic E-state index is -0.483. The van der Waals surface area contributed by atoms with Gasteiger partial charge in [0.2, 0.25) is 11.8 Å². The van der Waals surface area contributed by atoms with Gasteiger partial charge in [0.25, 0.3) is 5.91 Å². The fourth-order valence-electron chi connectivity index (χ4n) is 3.77. The maximum Gasteiger partial charge on any atom is 0.261 e. The first kappa shape index (κ1) is 21.0. The summed E-state index contributed by atoms with van der Waals surface area (Å²) in [5.74, 6) is -1.18. The molecular weight excluding hydrogens is 421 g/mol. The van der Waals surface area contributed by atoms with Crippen LogP contribution in [0.2, 0.25) is 0 Å². The molecule has 1 aliphatic rings. The van der Waals surface area contributed by atoms with Crippen LogP contribution in [-0.4, -0.2) is 58.6 Å². The van der Waals surface area contributed by atoms with Gasteiger partial charge in [-0.15, -0.1) is 11.3 Å². The normalized spacial score (nSPS) is 16.0. The van der Waals surface area contributed by atoms with Crippen molar-refractivity contribution in [2.75, 3.05) is 20.1 Å². The molecule has 31 heavy (non-hydrogen) atoms. The molecule has 3 aromatic rings. The molecule has 2 aromatic heterocycles. The predicted octanol–water partition coefficient (Wildman–Crippen LogP) is 2.00. The van der Waals surface area contributed by atoms with Crippen LogP contribution in [0.3, 0.4) is 0 Å². The van der Waals surface area contributed by atoms with Gasteiger partial charge in [0.15, 0.2) is 0 Å². The molecule has 1 unspecified atom stereocenters. The van der Waals surface area contributed by atoms with Gasteiger partial charge in [-0.2, -0.15) is 5.10 Å². The van der Waals surface area contributed by atoms with E-state index in [1.807, 2.05) is 6.92 Å². The monoisotopic (exact) mass is 443 g/mol. The summed E-state index contributed by atoms with van der Waals surface area (Å²) in [7, 11) is 1.54. The second kappa shape index (κ2) is 8.46. The Kier molecular flexibility index (Phi) is 5.73. The Labute approximate surface area is 182 Å². The van der Waals surface area contributed by atoms with E-state index in [4.69, 9.17) is 0 Å². The highest BCUT2D eigenvalue weighted by molar-refractivity contribution is 7.20. The third-order valence-corrected chi connectivity index (χ3v) is 6.47. The smallest absolute Gasteiger partial charge is 0.261 e. The molecule has 0 bridgehead atoms. The molecular formula is C21H22FN5O3S. The number of likely N-dealkylation sites (tertiary alicyclic amines) is 1. The number of aryl methyl sites for hydroxylation is 1. The summed E-state index contributed by atoms with van der Waals surface area (Å²) < 4.78 is 14.9. The van der Waals surface area contributed by atoms with Crippen LogP contribution in [0.15, 0.2) is 30.3 Å². The highest BCUT2D eigenvalue weighted by atomic mass is 32.1. The topological polar surface area (TPSA) is 96.3 Å². The number of carbonyl (C=O) groups excluding carboxylic acids is 3. The van der Waals surface area contributed by atoms with E-state index in [0.29, 0.717) is 23.5 Å². The number of carbonyl (C=O) groups is 3. The second-order valence-electron chi connectivity index (χ2n) is 7.35. The fourth-order valence-corrected chi connectivity index (χ4v) is 4.86. The summed E-state index contributed by atoms with van der Waals surface area (Å²) >= 11 is 1.25. The average Bonchev–Trinajstić information content (AvgIpc) is 3.48. The van der Waals surface area contributed by atoms with E-state index < -0.39 is 6.04 Å². The van der Waals surface area contributed by atoms with Crippen molar-refractivity contribution in [1.29, 1.82) is 0 Å². The van der Waals surface area contributed by atoms with E-state index in [1.54, 1.807) is 29.9 Å². The van der Waals surface area contributed by atoms with Crippen LogP contribution in [0.4, 0.5) is 4.39 Å². The number of hydrogen-bond donors (Lipinski definition) is 2. The molecule has 2 N–H and O–H groups in total. The van der Waals surface area contributed by atoms with Gasteiger partial charge in [-0.3, -0.25) is 14.4 Å². The summed E-state index contributed by atoms with van der Waals surface area (Å²) in [5, 5.41) is 10.5.